The van der Waals surface area contributed by atoms with E-state index in [1.165, 1.54) is 6.20 Å². The molecule has 0 aliphatic carbocycles. The molecule has 3 rings (SSSR count). The van der Waals surface area contributed by atoms with E-state index in [2.05, 4.69) is 15.3 Å². The topological polar surface area (TPSA) is 96.5 Å². The number of nitrogens with one attached hydrogen (secondary N) is 2. The number of amides is 1. The summed E-state index contributed by atoms with van der Waals surface area (Å²) >= 11 is 0. The molecule has 0 aromatic carbocycles. The number of pyridine rings is 1. The van der Waals surface area contributed by atoms with Crippen LogP contribution in [-0.2, 0) is 9.47 Å². The van der Waals surface area contributed by atoms with E-state index in [0.29, 0.717) is 36.6 Å². The maximum absolute atomic E-state index is 12.4. The molecule has 2 aromatic rings. The summed E-state index contributed by atoms with van der Waals surface area (Å²) in [6.07, 6.45) is 4.73. The second-order valence-electron chi connectivity index (χ2n) is 7.92. The van der Waals surface area contributed by atoms with Gasteiger partial charge in [0.15, 0.2) is 0 Å². The standard InChI is InChI=1S/C20H28N4O4/c1-5-27-18(25)15-11-22-17-14(8-9-21-17)16(15)23-13-7-6-10-24(12-13)19(26)28-20(2,3)4/h8-9,11,13H,5-7,10,12H2,1-4H3,(H2,21,22,23)/t13-/m1/s1. The monoisotopic (exact) mass is 388 g/mol. The number of aromatic amines is 1. The summed E-state index contributed by atoms with van der Waals surface area (Å²) in [4.78, 5) is 33.9. The van der Waals surface area contributed by atoms with Gasteiger partial charge in [-0.15, -0.1) is 0 Å². The quantitative estimate of drug-likeness (QED) is 0.778. The van der Waals surface area contributed by atoms with Gasteiger partial charge in [0.2, 0.25) is 0 Å². The smallest absolute Gasteiger partial charge is 0.410 e. The van der Waals surface area contributed by atoms with Crippen LogP contribution in [0.25, 0.3) is 11.0 Å². The highest BCUT2D eigenvalue weighted by atomic mass is 16.6. The molecule has 2 N–H and O–H groups in total. The number of rotatable bonds is 4. The number of anilines is 1. The largest absolute Gasteiger partial charge is 0.462 e. The van der Waals surface area contributed by atoms with Gasteiger partial charge in [-0.05, 0) is 46.6 Å². The number of hydrogen-bond acceptors (Lipinski definition) is 6. The van der Waals surface area contributed by atoms with Crippen molar-refractivity contribution in [1.82, 2.24) is 14.9 Å². The zero-order valence-corrected chi connectivity index (χ0v) is 16.9. The lowest BCUT2D eigenvalue weighted by atomic mass is 10.0. The van der Waals surface area contributed by atoms with Gasteiger partial charge in [0.1, 0.15) is 16.8 Å². The zero-order valence-electron chi connectivity index (χ0n) is 16.9. The Morgan fingerprint density at radius 1 is 1.39 bits per heavy atom. The molecule has 0 unspecified atom stereocenters. The fourth-order valence-electron chi connectivity index (χ4n) is 3.32. The van der Waals surface area contributed by atoms with Crippen LogP contribution < -0.4 is 5.32 Å². The molecule has 152 valence electrons. The number of H-pyrrole nitrogens is 1. The minimum Gasteiger partial charge on any atom is -0.462 e. The van der Waals surface area contributed by atoms with E-state index in [0.717, 1.165) is 18.2 Å². The Bertz CT molecular complexity index is 855. The number of carbonyl (C=O) groups excluding carboxylic acids is 2. The summed E-state index contributed by atoms with van der Waals surface area (Å²) < 4.78 is 10.7. The van der Waals surface area contributed by atoms with Gasteiger partial charge in [-0.3, -0.25) is 0 Å². The lowest BCUT2D eigenvalue weighted by molar-refractivity contribution is 0.0205. The molecule has 8 heteroatoms. The predicted octanol–water partition coefficient (Wildman–Crippen LogP) is 3.55. The summed E-state index contributed by atoms with van der Waals surface area (Å²) in [6, 6.07) is 1.87. The van der Waals surface area contributed by atoms with Crippen molar-refractivity contribution in [3.63, 3.8) is 0 Å². The third-order valence-electron chi connectivity index (χ3n) is 4.50. The number of piperidine rings is 1. The molecule has 28 heavy (non-hydrogen) atoms. The first-order valence-corrected chi connectivity index (χ1v) is 9.66. The molecule has 1 aliphatic heterocycles. The fraction of sp³-hybridized carbons (Fsp3) is 0.550. The number of carbonyl (C=O) groups is 2. The van der Waals surface area contributed by atoms with Crippen molar-refractivity contribution in [2.75, 3.05) is 25.0 Å². The first-order valence-electron chi connectivity index (χ1n) is 9.66. The first-order chi connectivity index (χ1) is 13.3. The van der Waals surface area contributed by atoms with Crippen LogP contribution in [0, 0.1) is 0 Å². The summed E-state index contributed by atoms with van der Waals surface area (Å²) in [6.45, 7) is 8.80. The van der Waals surface area contributed by atoms with Crippen LogP contribution in [-0.4, -0.2) is 58.3 Å². The lowest BCUT2D eigenvalue weighted by Gasteiger charge is -2.35. The third kappa shape index (κ3) is 4.55. The number of fused-ring (bicyclic) bond motifs is 1. The van der Waals surface area contributed by atoms with Gasteiger partial charge in [0, 0.05) is 36.9 Å². The summed E-state index contributed by atoms with van der Waals surface area (Å²) in [5.41, 5.74) is 1.23. The fourth-order valence-corrected chi connectivity index (χ4v) is 3.32. The highest BCUT2D eigenvalue weighted by Gasteiger charge is 2.29. The van der Waals surface area contributed by atoms with Crippen LogP contribution in [0.5, 0.6) is 0 Å². The van der Waals surface area contributed by atoms with Crippen LogP contribution in [0.15, 0.2) is 18.5 Å². The molecule has 0 radical (unpaired) electrons. The minimum absolute atomic E-state index is 0.00468. The molecule has 1 amide bonds. The van der Waals surface area contributed by atoms with E-state index in [9.17, 15) is 9.59 Å². The van der Waals surface area contributed by atoms with Gasteiger partial charge >= 0.3 is 12.1 Å². The lowest BCUT2D eigenvalue weighted by Crippen LogP contribution is -2.47. The normalized spacial score (nSPS) is 17.4. The second-order valence-corrected chi connectivity index (χ2v) is 7.92. The molecule has 1 saturated heterocycles. The Morgan fingerprint density at radius 2 is 2.18 bits per heavy atom. The molecule has 1 aliphatic rings. The van der Waals surface area contributed by atoms with Crippen molar-refractivity contribution in [1.29, 1.82) is 0 Å². The molecular weight excluding hydrogens is 360 g/mol. The molecule has 8 nitrogen and oxygen atoms in total. The molecular formula is C20H28N4O4. The van der Waals surface area contributed by atoms with E-state index < -0.39 is 11.6 Å². The SMILES string of the molecule is CCOC(=O)c1cnc2[nH]ccc2c1N[C@@H]1CCCN(C(=O)OC(C)(C)C)C1. The maximum atomic E-state index is 12.4. The number of hydrogen-bond donors (Lipinski definition) is 2. The van der Waals surface area contributed by atoms with Gasteiger partial charge in [0.25, 0.3) is 0 Å². The van der Waals surface area contributed by atoms with Gasteiger partial charge in [0.05, 0.1) is 12.3 Å². The number of aromatic nitrogens is 2. The highest BCUT2D eigenvalue weighted by Crippen LogP contribution is 2.28. The Morgan fingerprint density at radius 3 is 2.89 bits per heavy atom. The minimum atomic E-state index is -0.531. The first kappa shape index (κ1) is 20.0. The van der Waals surface area contributed by atoms with Crippen molar-refractivity contribution in [2.24, 2.45) is 0 Å². The van der Waals surface area contributed by atoms with E-state index in [-0.39, 0.29) is 12.1 Å². The maximum Gasteiger partial charge on any atom is 0.410 e. The van der Waals surface area contributed by atoms with Crippen molar-refractivity contribution in [3.8, 4) is 0 Å². The molecule has 3 heterocycles. The van der Waals surface area contributed by atoms with Gasteiger partial charge in [-0.2, -0.15) is 0 Å². The van der Waals surface area contributed by atoms with Crippen LogP contribution in [0.3, 0.4) is 0 Å². The molecule has 0 bridgehead atoms. The van der Waals surface area contributed by atoms with Gasteiger partial charge in [-0.1, -0.05) is 0 Å². The third-order valence-corrected chi connectivity index (χ3v) is 4.50. The Balaban J connectivity index is 1.81. The highest BCUT2D eigenvalue weighted by molar-refractivity contribution is 6.04. The van der Waals surface area contributed by atoms with Crippen LogP contribution >= 0.6 is 0 Å². The van der Waals surface area contributed by atoms with E-state index in [1.807, 2.05) is 26.8 Å². The number of esters is 1. The summed E-state index contributed by atoms with van der Waals surface area (Å²) in [7, 11) is 0. The second kappa shape index (κ2) is 8.08. The average Bonchev–Trinajstić information content (AvgIpc) is 3.10. The van der Waals surface area contributed by atoms with E-state index >= 15 is 0 Å². The zero-order chi connectivity index (χ0) is 20.3. The number of nitrogens with zero attached hydrogens (tertiary/aromatic N) is 2. The summed E-state index contributed by atoms with van der Waals surface area (Å²) in [5, 5.41) is 4.27. The van der Waals surface area contributed by atoms with Crippen LogP contribution in [0.4, 0.5) is 10.5 Å². The van der Waals surface area contributed by atoms with Crippen LogP contribution in [0.2, 0.25) is 0 Å². The van der Waals surface area contributed by atoms with Crippen molar-refractivity contribution >= 4 is 28.8 Å². The van der Waals surface area contributed by atoms with Crippen molar-refractivity contribution in [3.05, 3.63) is 24.0 Å². The predicted molar refractivity (Wildman–Crippen MR) is 107 cm³/mol. The van der Waals surface area contributed by atoms with E-state index in [1.54, 1.807) is 18.0 Å². The van der Waals surface area contributed by atoms with Crippen molar-refractivity contribution in [2.45, 2.75) is 52.2 Å². The Labute approximate surface area is 164 Å². The van der Waals surface area contributed by atoms with Crippen LogP contribution in [0.1, 0.15) is 50.9 Å². The number of ether oxygens (including phenoxy) is 2. The molecule has 2 aromatic heterocycles. The van der Waals surface area contributed by atoms with E-state index in [4.69, 9.17) is 9.47 Å². The molecule has 1 fully saturated rings. The van der Waals surface area contributed by atoms with Crippen molar-refractivity contribution < 1.29 is 19.1 Å². The summed E-state index contributed by atoms with van der Waals surface area (Å²) in [5.74, 6) is -0.416. The average molecular weight is 388 g/mol. The molecule has 1 atom stereocenters. The molecule has 0 spiro atoms. The number of likely N-dealkylation sites (tertiary alicyclic amines) is 1. The van der Waals surface area contributed by atoms with Gasteiger partial charge in [-0.25, -0.2) is 14.6 Å². The Hall–Kier alpha value is -2.77. The van der Waals surface area contributed by atoms with Gasteiger partial charge < -0.3 is 24.7 Å². The molecule has 0 saturated carbocycles. The Kier molecular flexibility index (Phi) is 5.76.